The molecule has 0 aliphatic rings. The van der Waals surface area contributed by atoms with Crippen molar-refractivity contribution >= 4 is 23.5 Å². The number of hydrogen-bond acceptors (Lipinski definition) is 4. The average molecular weight is 311 g/mol. The predicted octanol–water partition coefficient (Wildman–Crippen LogP) is 3.78. The van der Waals surface area contributed by atoms with E-state index in [1.54, 1.807) is 18.2 Å². The number of rotatable bonds is 7. The molecule has 0 aromatic heterocycles. The van der Waals surface area contributed by atoms with Crippen molar-refractivity contribution in [3.8, 4) is 5.75 Å². The summed E-state index contributed by atoms with van der Waals surface area (Å²) in [5.74, 6) is -0.579. The van der Waals surface area contributed by atoms with Crippen LogP contribution in [0, 0.1) is 5.92 Å². The quantitative estimate of drug-likeness (QED) is 0.437. The Bertz CT molecular complexity index is 511. The lowest BCUT2D eigenvalue weighted by molar-refractivity contribution is -0.139. The number of halogens is 1. The van der Waals surface area contributed by atoms with Gasteiger partial charge in [0.2, 0.25) is 0 Å². The fraction of sp³-hybridized carbons (Fsp3) is 0.375. The van der Waals surface area contributed by atoms with Gasteiger partial charge in [-0.3, -0.25) is 0 Å². The summed E-state index contributed by atoms with van der Waals surface area (Å²) < 4.78 is 10.0. The molecule has 21 heavy (non-hydrogen) atoms. The molecule has 1 atom stereocenters. The highest BCUT2D eigenvalue weighted by atomic mass is 35.5. The van der Waals surface area contributed by atoms with Crippen LogP contribution in [-0.2, 0) is 14.3 Å². The minimum absolute atomic E-state index is 0.311. The lowest BCUT2D eigenvalue weighted by Crippen LogP contribution is -2.11. The summed E-state index contributed by atoms with van der Waals surface area (Å²) in [6, 6.07) is 6.45. The van der Waals surface area contributed by atoms with E-state index in [0.717, 1.165) is 25.0 Å². The number of ether oxygens (including phenoxy) is 2. The van der Waals surface area contributed by atoms with E-state index in [-0.39, 0.29) is 0 Å². The summed E-state index contributed by atoms with van der Waals surface area (Å²) in [4.78, 5) is 22.9. The van der Waals surface area contributed by atoms with Gasteiger partial charge in [-0.25, -0.2) is 9.59 Å². The highest BCUT2D eigenvalue weighted by Crippen LogP contribution is 2.17. The maximum absolute atomic E-state index is 11.5. The number of esters is 2. The van der Waals surface area contributed by atoms with E-state index in [1.807, 2.05) is 6.92 Å². The van der Waals surface area contributed by atoms with Crippen molar-refractivity contribution in [1.82, 2.24) is 0 Å². The van der Waals surface area contributed by atoms with E-state index in [2.05, 4.69) is 6.92 Å². The molecule has 114 valence electrons. The van der Waals surface area contributed by atoms with Crippen molar-refractivity contribution in [1.29, 1.82) is 0 Å². The van der Waals surface area contributed by atoms with Crippen LogP contribution in [0.3, 0.4) is 0 Å². The molecule has 1 unspecified atom stereocenters. The molecular weight excluding hydrogens is 292 g/mol. The van der Waals surface area contributed by atoms with Gasteiger partial charge in [0.05, 0.1) is 6.61 Å². The van der Waals surface area contributed by atoms with Crippen LogP contribution in [0.25, 0.3) is 0 Å². The van der Waals surface area contributed by atoms with Crippen molar-refractivity contribution in [3.63, 3.8) is 0 Å². The largest absolute Gasteiger partial charge is 0.462 e. The van der Waals surface area contributed by atoms with Crippen molar-refractivity contribution in [2.24, 2.45) is 5.92 Å². The van der Waals surface area contributed by atoms with Gasteiger partial charge in [0.1, 0.15) is 5.75 Å². The van der Waals surface area contributed by atoms with Gasteiger partial charge in [0.15, 0.2) is 0 Å². The van der Waals surface area contributed by atoms with Crippen LogP contribution in [0.1, 0.15) is 26.7 Å². The maximum Gasteiger partial charge on any atom is 0.336 e. The van der Waals surface area contributed by atoms with Gasteiger partial charge >= 0.3 is 11.9 Å². The first-order chi connectivity index (χ1) is 10.0. The van der Waals surface area contributed by atoms with Crippen LogP contribution in [0.15, 0.2) is 36.4 Å². The van der Waals surface area contributed by atoms with E-state index in [0.29, 0.717) is 23.3 Å². The van der Waals surface area contributed by atoms with Crippen LogP contribution in [0.2, 0.25) is 5.02 Å². The Hall–Kier alpha value is -1.81. The predicted molar refractivity (Wildman–Crippen MR) is 81.3 cm³/mol. The molecule has 0 spiro atoms. The van der Waals surface area contributed by atoms with Crippen LogP contribution >= 0.6 is 11.6 Å². The molecule has 0 amide bonds. The van der Waals surface area contributed by atoms with Gasteiger partial charge in [-0.05, 0) is 30.5 Å². The van der Waals surface area contributed by atoms with Crippen LogP contribution in [0.5, 0.6) is 5.75 Å². The smallest absolute Gasteiger partial charge is 0.336 e. The Morgan fingerprint density at radius 2 is 2.00 bits per heavy atom. The molecule has 0 saturated heterocycles. The summed E-state index contributed by atoms with van der Waals surface area (Å²) in [6.45, 7) is 4.43. The molecule has 4 nitrogen and oxygen atoms in total. The lowest BCUT2D eigenvalue weighted by Gasteiger charge is -2.09. The molecule has 0 fully saturated rings. The number of carbonyl (C=O) groups is 2. The molecule has 1 aromatic carbocycles. The molecule has 0 aliphatic carbocycles. The van der Waals surface area contributed by atoms with Crippen LogP contribution in [0.4, 0.5) is 0 Å². The van der Waals surface area contributed by atoms with Crippen molar-refractivity contribution in [2.75, 3.05) is 6.61 Å². The zero-order valence-corrected chi connectivity index (χ0v) is 12.9. The zero-order chi connectivity index (χ0) is 15.7. The summed E-state index contributed by atoms with van der Waals surface area (Å²) in [5.41, 5.74) is 0. The average Bonchev–Trinajstić information content (AvgIpc) is 2.43. The molecule has 0 radical (unpaired) electrons. The second kappa shape index (κ2) is 9.19. The number of carbonyl (C=O) groups excluding carboxylic acids is 2. The Kier molecular flexibility index (Phi) is 7.54. The van der Waals surface area contributed by atoms with E-state index >= 15 is 0 Å². The van der Waals surface area contributed by atoms with E-state index in [1.165, 1.54) is 6.07 Å². The topological polar surface area (TPSA) is 52.6 Å². The van der Waals surface area contributed by atoms with Gasteiger partial charge in [-0.15, -0.1) is 0 Å². The zero-order valence-electron chi connectivity index (χ0n) is 12.2. The molecule has 0 aliphatic heterocycles. The first-order valence-electron chi connectivity index (χ1n) is 6.83. The summed E-state index contributed by atoms with van der Waals surface area (Å²) in [7, 11) is 0. The number of benzene rings is 1. The Labute approximate surface area is 129 Å². The van der Waals surface area contributed by atoms with Crippen molar-refractivity contribution < 1.29 is 19.1 Å². The third-order valence-corrected chi connectivity index (χ3v) is 2.90. The third kappa shape index (κ3) is 7.51. The van der Waals surface area contributed by atoms with Crippen molar-refractivity contribution in [3.05, 3.63) is 41.4 Å². The second-order valence-corrected chi connectivity index (χ2v) is 5.17. The van der Waals surface area contributed by atoms with Gasteiger partial charge in [-0.2, -0.15) is 0 Å². The number of hydrogen-bond donors (Lipinski definition) is 0. The third-order valence-electron chi connectivity index (χ3n) is 2.66. The van der Waals surface area contributed by atoms with Gasteiger partial charge in [0.25, 0.3) is 0 Å². The monoisotopic (exact) mass is 310 g/mol. The van der Waals surface area contributed by atoms with Crippen molar-refractivity contribution in [2.45, 2.75) is 26.7 Å². The SMILES string of the molecule is CCCC(C)COC(=O)/C=C/C(=O)Oc1cccc(Cl)c1. The molecule has 0 N–H and O–H groups in total. The summed E-state index contributed by atoms with van der Waals surface area (Å²) in [6.07, 6.45) is 4.13. The van der Waals surface area contributed by atoms with E-state index in [4.69, 9.17) is 21.1 Å². The van der Waals surface area contributed by atoms with E-state index < -0.39 is 11.9 Å². The first kappa shape index (κ1) is 17.2. The fourth-order valence-corrected chi connectivity index (χ4v) is 1.85. The summed E-state index contributed by atoms with van der Waals surface area (Å²) >= 11 is 5.77. The summed E-state index contributed by atoms with van der Waals surface area (Å²) in [5, 5.41) is 0.466. The van der Waals surface area contributed by atoms with E-state index in [9.17, 15) is 9.59 Å². The molecule has 0 heterocycles. The molecule has 1 aromatic rings. The second-order valence-electron chi connectivity index (χ2n) is 4.74. The maximum atomic E-state index is 11.5. The molecule has 0 bridgehead atoms. The van der Waals surface area contributed by atoms with Crippen LogP contribution in [-0.4, -0.2) is 18.5 Å². The minimum Gasteiger partial charge on any atom is -0.462 e. The Morgan fingerprint density at radius 3 is 2.67 bits per heavy atom. The molecule has 0 saturated carbocycles. The molecule has 1 rings (SSSR count). The molecular formula is C16H19ClO4. The van der Waals surface area contributed by atoms with Gasteiger partial charge < -0.3 is 9.47 Å². The van der Waals surface area contributed by atoms with Gasteiger partial charge in [-0.1, -0.05) is 37.9 Å². The minimum atomic E-state index is -0.657. The highest BCUT2D eigenvalue weighted by Gasteiger charge is 2.06. The normalized spacial score (nSPS) is 12.1. The highest BCUT2D eigenvalue weighted by molar-refractivity contribution is 6.30. The first-order valence-corrected chi connectivity index (χ1v) is 7.21. The Balaban J connectivity index is 2.38. The fourth-order valence-electron chi connectivity index (χ4n) is 1.67. The molecule has 5 heteroatoms. The lowest BCUT2D eigenvalue weighted by atomic mass is 10.1. The van der Waals surface area contributed by atoms with Crippen LogP contribution < -0.4 is 4.74 Å². The standard InChI is InChI=1S/C16H19ClO4/c1-3-5-12(2)11-20-15(18)8-9-16(19)21-14-7-4-6-13(17)10-14/h4,6-10,12H,3,5,11H2,1-2H3/b9-8+. The Morgan fingerprint density at radius 1 is 1.29 bits per heavy atom. The van der Waals surface area contributed by atoms with Gasteiger partial charge in [0, 0.05) is 17.2 Å².